The van der Waals surface area contributed by atoms with Crippen molar-refractivity contribution in [3.63, 3.8) is 0 Å². The van der Waals surface area contributed by atoms with E-state index in [1.165, 1.54) is 24.3 Å². The molecule has 0 saturated carbocycles. The molecule has 2 N–H and O–H groups in total. The minimum atomic E-state index is -0.827. The summed E-state index contributed by atoms with van der Waals surface area (Å²) in [6.45, 7) is 3.54. The van der Waals surface area contributed by atoms with Crippen LogP contribution in [-0.2, 0) is 16.1 Å². The van der Waals surface area contributed by atoms with Crippen molar-refractivity contribution in [1.82, 2.24) is 5.32 Å². The van der Waals surface area contributed by atoms with Gasteiger partial charge in [-0.3, -0.25) is 10.1 Å². The number of carbonyl (C=O) groups excluding carboxylic acids is 2. The van der Waals surface area contributed by atoms with Crippen molar-refractivity contribution >= 4 is 23.4 Å². The summed E-state index contributed by atoms with van der Waals surface area (Å²) in [6, 6.07) is 13.3. The van der Waals surface area contributed by atoms with Crippen LogP contribution in [0.1, 0.15) is 19.4 Å². The van der Waals surface area contributed by atoms with Gasteiger partial charge in [-0.05, 0) is 35.7 Å². The van der Waals surface area contributed by atoms with E-state index in [0.29, 0.717) is 11.3 Å². The average Bonchev–Trinajstić information content (AvgIpc) is 2.65. The monoisotopic (exact) mass is 371 g/mol. The Kier molecular flexibility index (Phi) is 6.87. The molecule has 0 aliphatic carbocycles. The molecule has 2 aromatic carbocycles. The number of ether oxygens (including phenoxy) is 1. The number of esters is 1. The topological polar surface area (TPSA) is 111 Å². The number of para-hydroxylation sites is 1. The predicted molar refractivity (Wildman–Crippen MR) is 100 cm³/mol. The van der Waals surface area contributed by atoms with Crippen LogP contribution in [0.3, 0.4) is 0 Å². The highest BCUT2D eigenvalue weighted by Gasteiger charge is 2.25. The number of non-ortho nitro benzene ring substituents is 1. The number of nitro groups is 1. The second kappa shape index (κ2) is 9.33. The summed E-state index contributed by atoms with van der Waals surface area (Å²) in [7, 11) is 0. The van der Waals surface area contributed by atoms with Crippen molar-refractivity contribution in [2.24, 2.45) is 5.92 Å². The lowest BCUT2D eigenvalue weighted by Gasteiger charge is -2.21. The van der Waals surface area contributed by atoms with Gasteiger partial charge in [0.05, 0.1) is 4.92 Å². The Morgan fingerprint density at radius 1 is 1.07 bits per heavy atom. The Hall–Kier alpha value is -3.42. The molecule has 2 amide bonds. The van der Waals surface area contributed by atoms with E-state index in [9.17, 15) is 19.7 Å². The first-order chi connectivity index (χ1) is 12.9. The fraction of sp³-hybridized carbons (Fsp3) is 0.263. The lowest BCUT2D eigenvalue weighted by molar-refractivity contribution is -0.384. The van der Waals surface area contributed by atoms with E-state index in [-0.39, 0.29) is 18.2 Å². The zero-order chi connectivity index (χ0) is 19.8. The summed E-state index contributed by atoms with van der Waals surface area (Å²) in [6.07, 6.45) is 0. The largest absolute Gasteiger partial charge is 0.459 e. The van der Waals surface area contributed by atoms with E-state index in [4.69, 9.17) is 4.74 Å². The standard InChI is InChI=1S/C19H21N3O5/c1-13(2)17(21-19(24)20-15-6-4-3-5-7-15)18(23)27-12-14-8-10-16(11-9-14)22(25)26/h3-11,13,17H,12H2,1-2H3,(H2,20,21,24)/t17-/m0/s1. The van der Waals surface area contributed by atoms with Crippen LogP contribution in [0.15, 0.2) is 54.6 Å². The fourth-order valence-electron chi connectivity index (χ4n) is 2.29. The maximum atomic E-state index is 12.3. The van der Waals surface area contributed by atoms with Gasteiger partial charge in [-0.15, -0.1) is 0 Å². The van der Waals surface area contributed by atoms with Crippen LogP contribution in [0.4, 0.5) is 16.2 Å². The Balaban J connectivity index is 1.92. The van der Waals surface area contributed by atoms with E-state index in [1.807, 2.05) is 6.07 Å². The smallest absolute Gasteiger partial charge is 0.329 e. The average molecular weight is 371 g/mol. The van der Waals surface area contributed by atoms with E-state index in [0.717, 1.165) is 0 Å². The molecule has 0 spiro atoms. The minimum absolute atomic E-state index is 0.0376. The van der Waals surface area contributed by atoms with Crippen molar-refractivity contribution in [2.75, 3.05) is 5.32 Å². The molecule has 0 aliphatic rings. The minimum Gasteiger partial charge on any atom is -0.459 e. The summed E-state index contributed by atoms with van der Waals surface area (Å²) in [5.41, 5.74) is 1.19. The number of urea groups is 1. The van der Waals surface area contributed by atoms with Crippen LogP contribution in [0.5, 0.6) is 0 Å². The number of rotatable bonds is 7. The lowest BCUT2D eigenvalue weighted by atomic mass is 10.1. The predicted octanol–water partition coefficient (Wildman–Crippen LogP) is 3.48. The van der Waals surface area contributed by atoms with Crippen molar-refractivity contribution in [3.05, 3.63) is 70.3 Å². The molecular formula is C19H21N3O5. The summed E-state index contributed by atoms with van der Waals surface area (Å²) >= 11 is 0. The second-order valence-corrected chi connectivity index (χ2v) is 6.22. The van der Waals surface area contributed by atoms with Gasteiger partial charge in [0.15, 0.2) is 0 Å². The van der Waals surface area contributed by atoms with Gasteiger partial charge in [-0.2, -0.15) is 0 Å². The van der Waals surface area contributed by atoms with Gasteiger partial charge < -0.3 is 15.4 Å². The highest BCUT2D eigenvalue weighted by Crippen LogP contribution is 2.14. The molecule has 0 heterocycles. The van der Waals surface area contributed by atoms with E-state index < -0.39 is 23.0 Å². The first kappa shape index (κ1) is 19.9. The number of hydrogen-bond acceptors (Lipinski definition) is 5. The molecule has 2 aromatic rings. The SMILES string of the molecule is CC(C)[C@H](NC(=O)Nc1ccccc1)C(=O)OCc1ccc([N+](=O)[O-])cc1. The van der Waals surface area contributed by atoms with Gasteiger partial charge >= 0.3 is 12.0 Å². The van der Waals surface area contributed by atoms with Crippen LogP contribution < -0.4 is 10.6 Å². The summed E-state index contributed by atoms with van der Waals surface area (Å²) in [4.78, 5) is 34.6. The highest BCUT2D eigenvalue weighted by atomic mass is 16.6. The molecule has 0 unspecified atom stereocenters. The Morgan fingerprint density at radius 3 is 2.26 bits per heavy atom. The molecule has 27 heavy (non-hydrogen) atoms. The van der Waals surface area contributed by atoms with E-state index in [2.05, 4.69) is 10.6 Å². The first-order valence-corrected chi connectivity index (χ1v) is 8.39. The highest BCUT2D eigenvalue weighted by molar-refractivity contribution is 5.92. The number of nitro benzene ring substituents is 1. The molecule has 0 saturated heterocycles. The Labute approximate surface area is 156 Å². The lowest BCUT2D eigenvalue weighted by Crippen LogP contribution is -2.47. The van der Waals surface area contributed by atoms with Crippen LogP contribution in [0.2, 0.25) is 0 Å². The Bertz CT molecular complexity index is 791. The summed E-state index contributed by atoms with van der Waals surface area (Å²) in [5, 5.41) is 15.9. The van der Waals surface area contributed by atoms with Gasteiger partial charge in [0.25, 0.3) is 5.69 Å². The van der Waals surface area contributed by atoms with Crippen molar-refractivity contribution < 1.29 is 19.2 Å². The third-order valence-electron chi connectivity index (χ3n) is 3.77. The molecule has 8 nitrogen and oxygen atoms in total. The van der Waals surface area contributed by atoms with Crippen molar-refractivity contribution in [1.29, 1.82) is 0 Å². The van der Waals surface area contributed by atoms with Gasteiger partial charge in [-0.25, -0.2) is 9.59 Å². The Morgan fingerprint density at radius 2 is 1.70 bits per heavy atom. The number of nitrogens with zero attached hydrogens (tertiary/aromatic N) is 1. The van der Waals surface area contributed by atoms with Gasteiger partial charge in [-0.1, -0.05) is 32.0 Å². The number of carbonyl (C=O) groups is 2. The van der Waals surface area contributed by atoms with Crippen LogP contribution >= 0.6 is 0 Å². The quantitative estimate of drug-likeness (QED) is 0.440. The molecule has 2 rings (SSSR count). The fourth-order valence-corrected chi connectivity index (χ4v) is 2.29. The molecule has 0 radical (unpaired) electrons. The second-order valence-electron chi connectivity index (χ2n) is 6.22. The first-order valence-electron chi connectivity index (χ1n) is 8.39. The number of hydrogen-bond donors (Lipinski definition) is 2. The molecule has 1 atom stereocenters. The van der Waals surface area contributed by atoms with Crippen LogP contribution in [-0.4, -0.2) is 23.0 Å². The van der Waals surface area contributed by atoms with E-state index in [1.54, 1.807) is 38.1 Å². The van der Waals surface area contributed by atoms with Crippen molar-refractivity contribution in [2.45, 2.75) is 26.5 Å². The third kappa shape index (κ3) is 6.10. The van der Waals surface area contributed by atoms with Crippen LogP contribution in [0, 0.1) is 16.0 Å². The molecule has 142 valence electrons. The molecule has 8 heteroatoms. The molecule has 0 bridgehead atoms. The van der Waals surface area contributed by atoms with Crippen molar-refractivity contribution in [3.8, 4) is 0 Å². The van der Waals surface area contributed by atoms with Gasteiger partial charge in [0.2, 0.25) is 0 Å². The molecule has 0 aromatic heterocycles. The van der Waals surface area contributed by atoms with Gasteiger partial charge in [0.1, 0.15) is 12.6 Å². The molecule has 0 fully saturated rings. The number of amides is 2. The number of nitrogens with one attached hydrogen (secondary N) is 2. The maximum absolute atomic E-state index is 12.3. The molecular weight excluding hydrogens is 350 g/mol. The third-order valence-corrected chi connectivity index (χ3v) is 3.77. The number of benzene rings is 2. The van der Waals surface area contributed by atoms with E-state index >= 15 is 0 Å². The maximum Gasteiger partial charge on any atom is 0.329 e. The molecule has 0 aliphatic heterocycles. The summed E-state index contributed by atoms with van der Waals surface area (Å²) in [5.74, 6) is -0.762. The zero-order valence-corrected chi connectivity index (χ0v) is 15.0. The summed E-state index contributed by atoms with van der Waals surface area (Å²) < 4.78 is 5.25. The zero-order valence-electron chi connectivity index (χ0n) is 15.0. The normalized spacial score (nSPS) is 11.5. The number of anilines is 1. The van der Waals surface area contributed by atoms with Crippen LogP contribution in [0.25, 0.3) is 0 Å². The van der Waals surface area contributed by atoms with Gasteiger partial charge in [0, 0.05) is 17.8 Å².